The van der Waals surface area contributed by atoms with E-state index in [0.717, 1.165) is 44.9 Å². The summed E-state index contributed by atoms with van der Waals surface area (Å²) >= 11 is 14.9. The third-order valence-corrected chi connectivity index (χ3v) is 15.9. The molecule has 0 bridgehead atoms. The molecular formula is C69H47BBrCl2N5O2. The lowest BCUT2D eigenvalue weighted by atomic mass is 9.80. The second kappa shape index (κ2) is 21.8. The van der Waals surface area contributed by atoms with Crippen molar-refractivity contribution in [1.82, 2.24) is 24.1 Å². The van der Waals surface area contributed by atoms with Crippen LogP contribution in [-0.4, -0.2) is 41.3 Å². The van der Waals surface area contributed by atoms with Gasteiger partial charge in [-0.05, 0) is 136 Å². The zero-order valence-corrected chi connectivity index (χ0v) is 45.9. The molecule has 4 aromatic heterocycles. The van der Waals surface area contributed by atoms with Gasteiger partial charge < -0.3 is 24.2 Å². The molecule has 11 aromatic carbocycles. The second-order valence-electron chi connectivity index (χ2n) is 19.6. The van der Waals surface area contributed by atoms with Gasteiger partial charge in [-0.2, -0.15) is 0 Å². The van der Waals surface area contributed by atoms with Crippen LogP contribution in [0.15, 0.2) is 259 Å². The number of aromatic amines is 1. The molecule has 7 nitrogen and oxygen atoms in total. The van der Waals surface area contributed by atoms with Gasteiger partial charge in [-0.1, -0.05) is 203 Å². The molecule has 0 fully saturated rings. The molecule has 80 heavy (non-hydrogen) atoms. The number of benzene rings is 11. The van der Waals surface area contributed by atoms with Crippen molar-refractivity contribution in [3.63, 3.8) is 0 Å². The van der Waals surface area contributed by atoms with Gasteiger partial charge in [0.15, 0.2) is 10.3 Å². The maximum Gasteiger partial charge on any atom is 0.488 e. The molecule has 384 valence electrons. The molecule has 0 amide bonds. The lowest BCUT2D eigenvalue weighted by molar-refractivity contribution is 0.426. The Labute approximate surface area is 479 Å². The van der Waals surface area contributed by atoms with E-state index in [1.165, 1.54) is 87.2 Å². The van der Waals surface area contributed by atoms with Gasteiger partial charge in [0.05, 0.1) is 33.1 Å². The van der Waals surface area contributed by atoms with E-state index in [2.05, 4.69) is 222 Å². The lowest BCUT2D eigenvalue weighted by Gasteiger charge is -2.08. The fourth-order valence-electron chi connectivity index (χ4n) is 11.1. The molecule has 1 aliphatic carbocycles. The first-order valence-corrected chi connectivity index (χ1v) is 27.8. The fourth-order valence-corrected chi connectivity index (χ4v) is 11.8. The van der Waals surface area contributed by atoms with E-state index in [4.69, 9.17) is 23.2 Å². The monoisotopic (exact) mass is 1140 g/mol. The first-order valence-electron chi connectivity index (χ1n) is 26.2. The molecule has 3 N–H and O–H groups in total. The van der Waals surface area contributed by atoms with Crippen LogP contribution in [0, 0.1) is 0 Å². The first kappa shape index (κ1) is 50.7. The van der Waals surface area contributed by atoms with Crippen molar-refractivity contribution in [3.8, 4) is 33.6 Å². The Bertz CT molecular complexity index is 4750. The third-order valence-electron chi connectivity index (χ3n) is 14.8. The number of H-pyrrole nitrogens is 1. The van der Waals surface area contributed by atoms with E-state index in [1.54, 1.807) is 6.07 Å². The first-order chi connectivity index (χ1) is 39.2. The van der Waals surface area contributed by atoms with Gasteiger partial charge in [-0.3, -0.25) is 0 Å². The Morgan fingerprint density at radius 1 is 0.400 bits per heavy atom. The van der Waals surface area contributed by atoms with Gasteiger partial charge in [-0.15, -0.1) is 0 Å². The van der Waals surface area contributed by atoms with E-state index < -0.39 is 7.12 Å². The summed E-state index contributed by atoms with van der Waals surface area (Å²) < 4.78 is 5.72. The van der Waals surface area contributed by atoms with Crippen LogP contribution < -0.4 is 5.46 Å². The minimum absolute atomic E-state index is 0.246. The van der Waals surface area contributed by atoms with E-state index in [0.29, 0.717) is 5.46 Å². The van der Waals surface area contributed by atoms with Crippen LogP contribution in [0.5, 0.6) is 0 Å². The van der Waals surface area contributed by atoms with Crippen LogP contribution >= 0.6 is 39.1 Å². The Morgan fingerprint density at radius 2 is 0.887 bits per heavy atom. The SMILES string of the molecule is Brc1ccc2c(c1)Cc1ccccc1-2.Clc1nc2ccccc2nc1Cl.OB(O)c1ccc2c(c1)c1ccccc1n2-c1ccccc1.c1ccc(-n2c3ccccc3c3cc(-c4ccc5c(c4)[nH]c4ccccc45)ccc32)cc1. The van der Waals surface area contributed by atoms with Crippen molar-refractivity contribution in [2.24, 2.45) is 0 Å². The Kier molecular flexibility index (Phi) is 13.8. The lowest BCUT2D eigenvalue weighted by Crippen LogP contribution is -2.29. The van der Waals surface area contributed by atoms with E-state index in [1.807, 2.05) is 66.7 Å². The number of hydrogen-bond donors (Lipinski definition) is 3. The highest BCUT2D eigenvalue weighted by Gasteiger charge is 2.19. The molecular weight excluding hydrogens is 1090 g/mol. The van der Waals surface area contributed by atoms with Crippen LogP contribution in [0.2, 0.25) is 10.3 Å². The Balaban J connectivity index is 0.000000109. The van der Waals surface area contributed by atoms with Crippen molar-refractivity contribution in [3.05, 3.63) is 281 Å². The van der Waals surface area contributed by atoms with Crippen molar-refractivity contribution in [1.29, 1.82) is 0 Å². The van der Waals surface area contributed by atoms with Crippen LogP contribution in [-0.2, 0) is 6.42 Å². The van der Waals surface area contributed by atoms with Crippen molar-refractivity contribution >= 4 is 128 Å². The molecule has 0 unspecified atom stereocenters. The topological polar surface area (TPSA) is 91.9 Å². The Hall–Kier alpha value is -8.80. The minimum atomic E-state index is -1.46. The van der Waals surface area contributed by atoms with Crippen molar-refractivity contribution < 1.29 is 10.0 Å². The molecule has 1 aliphatic rings. The summed E-state index contributed by atoms with van der Waals surface area (Å²) in [5, 5.41) is 26.6. The molecule has 0 radical (unpaired) electrons. The van der Waals surface area contributed by atoms with Crippen LogP contribution in [0.3, 0.4) is 0 Å². The number of fused-ring (bicyclic) bond motifs is 13. The van der Waals surface area contributed by atoms with Gasteiger partial charge in [0.25, 0.3) is 0 Å². The molecule has 0 aliphatic heterocycles. The molecule has 4 heterocycles. The van der Waals surface area contributed by atoms with Crippen LogP contribution in [0.1, 0.15) is 11.1 Å². The summed E-state index contributed by atoms with van der Waals surface area (Å²) in [7, 11) is -1.46. The summed E-state index contributed by atoms with van der Waals surface area (Å²) in [5.74, 6) is 0. The minimum Gasteiger partial charge on any atom is -0.423 e. The number of aromatic nitrogens is 5. The highest BCUT2D eigenvalue weighted by molar-refractivity contribution is 9.10. The summed E-state index contributed by atoms with van der Waals surface area (Å²) in [6.45, 7) is 0. The largest absolute Gasteiger partial charge is 0.488 e. The highest BCUT2D eigenvalue weighted by Crippen LogP contribution is 2.39. The quantitative estimate of drug-likeness (QED) is 0.153. The predicted octanol–water partition coefficient (Wildman–Crippen LogP) is 17.5. The highest BCUT2D eigenvalue weighted by atomic mass is 79.9. The smallest absolute Gasteiger partial charge is 0.423 e. The number of halogens is 3. The standard InChI is InChI=1S/C30H20N2.C18H14BNO2.C13H9Br.C8H4Cl2N2/c1-2-8-22(9-3-1)32-29-13-7-5-11-25(29)26-18-20(15-17-30(26)32)21-14-16-24-23-10-4-6-12-27(23)31-28(24)19-21;21-19(22)13-10-11-18-16(12-13)15-8-4-5-9-17(15)20(18)14-6-2-1-3-7-14;14-11-5-6-13-10(8-11)7-9-3-1-2-4-12(9)13;9-7-8(10)12-6-4-2-1-3-5(6)11-7/h1-19,31H;1-12,21-22H;1-6,8H,7H2;1-4H. The average molecular weight is 1140 g/mol. The average Bonchev–Trinajstić information content (AvgIpc) is 4.36. The molecule has 0 saturated carbocycles. The second-order valence-corrected chi connectivity index (χ2v) is 21.3. The normalized spacial score (nSPS) is 11.5. The molecule has 11 heteroatoms. The zero-order valence-electron chi connectivity index (χ0n) is 42.9. The van der Waals surface area contributed by atoms with Crippen LogP contribution in [0.25, 0.3) is 110 Å². The zero-order chi connectivity index (χ0) is 54.3. The summed E-state index contributed by atoms with van der Waals surface area (Å²) in [5.41, 5.74) is 19.4. The molecule has 0 atom stereocenters. The fraction of sp³-hybridized carbons (Fsp3) is 0.0145. The molecule has 0 spiro atoms. The van der Waals surface area contributed by atoms with Gasteiger partial charge in [0.1, 0.15) is 0 Å². The van der Waals surface area contributed by atoms with Gasteiger partial charge >= 0.3 is 7.12 Å². The van der Waals surface area contributed by atoms with E-state index >= 15 is 0 Å². The van der Waals surface area contributed by atoms with Crippen molar-refractivity contribution in [2.45, 2.75) is 6.42 Å². The van der Waals surface area contributed by atoms with Crippen molar-refractivity contribution in [2.75, 3.05) is 0 Å². The number of hydrogen-bond acceptors (Lipinski definition) is 4. The number of nitrogens with one attached hydrogen (secondary N) is 1. The van der Waals surface area contributed by atoms with Gasteiger partial charge in [-0.25, -0.2) is 9.97 Å². The van der Waals surface area contributed by atoms with Gasteiger partial charge in [0, 0.05) is 59.2 Å². The third kappa shape index (κ3) is 9.70. The number of rotatable bonds is 4. The number of para-hydroxylation sites is 7. The van der Waals surface area contributed by atoms with Crippen LogP contribution in [0.4, 0.5) is 0 Å². The molecule has 15 aromatic rings. The summed E-state index contributed by atoms with van der Waals surface area (Å²) in [6, 6.07) is 87.8. The Morgan fingerprint density at radius 3 is 1.54 bits per heavy atom. The summed E-state index contributed by atoms with van der Waals surface area (Å²) in [4.78, 5) is 11.7. The maximum atomic E-state index is 9.43. The van der Waals surface area contributed by atoms with Gasteiger partial charge in [0.2, 0.25) is 0 Å². The summed E-state index contributed by atoms with van der Waals surface area (Å²) in [6.07, 6.45) is 1.07. The van der Waals surface area contributed by atoms with E-state index in [9.17, 15) is 10.0 Å². The molecule has 16 rings (SSSR count). The van der Waals surface area contributed by atoms with E-state index in [-0.39, 0.29) is 10.3 Å². The molecule has 0 saturated heterocycles. The maximum absolute atomic E-state index is 9.43. The number of nitrogens with zero attached hydrogens (tertiary/aromatic N) is 4. The predicted molar refractivity (Wildman–Crippen MR) is 338 cm³/mol.